The molecule has 1 aliphatic heterocycles. The fraction of sp³-hybridized carbons (Fsp3) is 0.310. The molecule has 3 aromatic rings. The maximum Gasteiger partial charge on any atom is 0.252 e. The maximum absolute atomic E-state index is 13.8. The van der Waals surface area contributed by atoms with Gasteiger partial charge in [0, 0.05) is 36.0 Å². The van der Waals surface area contributed by atoms with Crippen molar-refractivity contribution in [2.75, 3.05) is 33.5 Å². The molecule has 2 atom stereocenters. The molecule has 0 aliphatic carbocycles. The lowest BCUT2D eigenvalue weighted by molar-refractivity contribution is -0.129. The first-order chi connectivity index (χ1) is 18.5. The summed E-state index contributed by atoms with van der Waals surface area (Å²) < 4.78 is 31.5. The zero-order valence-corrected chi connectivity index (χ0v) is 22.6. The number of benzene rings is 3. The van der Waals surface area contributed by atoms with Crippen LogP contribution in [0.5, 0.6) is 11.5 Å². The van der Waals surface area contributed by atoms with E-state index in [1.54, 1.807) is 19.2 Å². The molecule has 0 saturated heterocycles. The molecule has 0 fully saturated rings. The molecule has 1 heterocycles. The summed E-state index contributed by atoms with van der Waals surface area (Å²) >= 11 is 3.46. The molecule has 0 aromatic heterocycles. The highest BCUT2D eigenvalue weighted by atomic mass is 79.9. The minimum atomic E-state index is -1.40. The summed E-state index contributed by atoms with van der Waals surface area (Å²) in [6, 6.07) is 22.2. The highest BCUT2D eigenvalue weighted by Gasteiger charge is 2.53. The van der Waals surface area contributed by atoms with Crippen LogP contribution in [0.2, 0.25) is 0 Å². The third-order valence-corrected chi connectivity index (χ3v) is 6.72. The summed E-state index contributed by atoms with van der Waals surface area (Å²) in [4.78, 5) is 18.7. The number of amides is 1. The summed E-state index contributed by atoms with van der Waals surface area (Å²) in [5.74, 6) is 1.13. The van der Waals surface area contributed by atoms with Crippen molar-refractivity contribution in [2.45, 2.75) is 24.5 Å². The quantitative estimate of drug-likeness (QED) is 0.298. The lowest BCUT2D eigenvalue weighted by Gasteiger charge is -2.31. The summed E-state index contributed by atoms with van der Waals surface area (Å²) in [5.41, 5.74) is 0.849. The molecule has 9 heteroatoms. The smallest absolute Gasteiger partial charge is 0.252 e. The van der Waals surface area contributed by atoms with Gasteiger partial charge in [-0.25, -0.2) is 9.38 Å². The molecule has 38 heavy (non-hydrogen) atoms. The molecule has 4 rings (SSSR count). The SMILES string of the molecule is COc1cccc([C@H]2OC(c3ccc(OCCCO)cc3)=N[C@@]2(Cc2ccc(Br)cc2)C(=O)NCCF)c1. The van der Waals surface area contributed by atoms with E-state index in [2.05, 4.69) is 21.2 Å². The number of carbonyl (C=O) groups is 1. The lowest BCUT2D eigenvalue weighted by atomic mass is 9.82. The number of alkyl halides is 1. The standard InChI is InChI=1S/C29H30BrFN2O5/c1-36-25-5-2-4-22(18-25)26-29(28(35)32-15-14-31,19-20-6-10-23(30)11-7-20)33-27(38-26)21-8-12-24(13-9-21)37-17-3-16-34/h2,4-13,18,26,34H,3,14-17,19H2,1H3,(H,32,35)/t26-,29-/m1/s1. The van der Waals surface area contributed by atoms with Crippen LogP contribution in [0.3, 0.4) is 0 Å². The van der Waals surface area contributed by atoms with Crippen LogP contribution in [0.15, 0.2) is 82.3 Å². The Hall–Kier alpha value is -3.43. The molecule has 1 aliphatic rings. The normalized spacial score (nSPS) is 18.4. The predicted molar refractivity (Wildman–Crippen MR) is 147 cm³/mol. The highest BCUT2D eigenvalue weighted by Crippen LogP contribution is 2.43. The van der Waals surface area contributed by atoms with E-state index in [0.29, 0.717) is 41.6 Å². The van der Waals surface area contributed by atoms with Gasteiger partial charge < -0.3 is 24.6 Å². The van der Waals surface area contributed by atoms with E-state index in [0.717, 1.165) is 10.0 Å². The largest absolute Gasteiger partial charge is 0.497 e. The molecular weight excluding hydrogens is 555 g/mol. The van der Waals surface area contributed by atoms with Gasteiger partial charge in [-0.05, 0) is 59.7 Å². The van der Waals surface area contributed by atoms with E-state index >= 15 is 0 Å². The Morgan fingerprint density at radius 1 is 1.13 bits per heavy atom. The van der Waals surface area contributed by atoms with Gasteiger partial charge >= 0.3 is 0 Å². The third kappa shape index (κ3) is 6.34. The van der Waals surface area contributed by atoms with Gasteiger partial charge in [0.25, 0.3) is 5.91 Å². The number of ether oxygens (including phenoxy) is 3. The van der Waals surface area contributed by atoms with Crippen LogP contribution in [0.25, 0.3) is 0 Å². The molecule has 0 bridgehead atoms. The minimum absolute atomic E-state index is 0.0549. The van der Waals surface area contributed by atoms with Gasteiger partial charge in [0.05, 0.1) is 13.7 Å². The van der Waals surface area contributed by atoms with Crippen LogP contribution in [0.1, 0.15) is 29.2 Å². The molecule has 0 radical (unpaired) electrons. The number of aliphatic hydroxyl groups excluding tert-OH is 1. The van der Waals surface area contributed by atoms with Crippen LogP contribution in [0.4, 0.5) is 4.39 Å². The number of nitrogens with zero attached hydrogens (tertiary/aromatic N) is 1. The number of aliphatic imine (C=N–C) groups is 1. The summed E-state index contributed by atoms with van der Waals surface area (Å²) in [6.07, 6.45) is -0.0327. The highest BCUT2D eigenvalue weighted by molar-refractivity contribution is 9.10. The number of hydrogen-bond donors (Lipinski definition) is 2. The number of nitrogens with one attached hydrogen (secondary N) is 1. The Kier molecular flexibility index (Phi) is 9.36. The van der Waals surface area contributed by atoms with Crippen molar-refractivity contribution >= 4 is 27.7 Å². The van der Waals surface area contributed by atoms with E-state index in [1.807, 2.05) is 60.7 Å². The second-order valence-electron chi connectivity index (χ2n) is 8.81. The topological polar surface area (TPSA) is 89.4 Å². The first-order valence-electron chi connectivity index (χ1n) is 12.3. The van der Waals surface area contributed by atoms with Gasteiger partial charge in [0.1, 0.15) is 18.2 Å². The zero-order valence-electron chi connectivity index (χ0n) is 21.0. The van der Waals surface area contributed by atoms with Gasteiger partial charge in [0.2, 0.25) is 5.90 Å². The Morgan fingerprint density at radius 3 is 2.58 bits per heavy atom. The Morgan fingerprint density at radius 2 is 1.89 bits per heavy atom. The molecule has 3 aromatic carbocycles. The van der Waals surface area contributed by atoms with Gasteiger partial charge in [-0.2, -0.15) is 0 Å². The molecule has 7 nitrogen and oxygen atoms in total. The number of halogens is 2. The van der Waals surface area contributed by atoms with Crippen molar-refractivity contribution in [3.8, 4) is 11.5 Å². The first-order valence-corrected chi connectivity index (χ1v) is 13.1. The molecule has 2 N–H and O–H groups in total. The number of methoxy groups -OCH3 is 1. The van der Waals surface area contributed by atoms with E-state index in [4.69, 9.17) is 24.3 Å². The lowest BCUT2D eigenvalue weighted by Crippen LogP contribution is -2.50. The number of hydrogen-bond acceptors (Lipinski definition) is 6. The number of aliphatic hydroxyl groups is 1. The van der Waals surface area contributed by atoms with Gasteiger partial charge in [-0.15, -0.1) is 0 Å². The summed E-state index contributed by atoms with van der Waals surface area (Å²) in [5, 5.41) is 11.7. The van der Waals surface area contributed by atoms with Gasteiger partial charge in [0.15, 0.2) is 11.6 Å². The zero-order chi connectivity index (χ0) is 27.0. The summed E-state index contributed by atoms with van der Waals surface area (Å²) in [6.45, 7) is -0.370. The predicted octanol–water partition coefficient (Wildman–Crippen LogP) is 4.80. The number of rotatable bonds is 12. The average Bonchev–Trinajstić information content (AvgIpc) is 3.34. The molecule has 200 valence electrons. The first kappa shape index (κ1) is 27.6. The van der Waals surface area contributed by atoms with E-state index in [1.165, 1.54) is 0 Å². The minimum Gasteiger partial charge on any atom is -0.497 e. The van der Waals surface area contributed by atoms with Crippen LogP contribution < -0.4 is 14.8 Å². The van der Waals surface area contributed by atoms with Crippen LogP contribution in [-0.4, -0.2) is 56.0 Å². The second-order valence-corrected chi connectivity index (χ2v) is 9.73. The Balaban J connectivity index is 1.77. The fourth-order valence-electron chi connectivity index (χ4n) is 4.31. The van der Waals surface area contributed by atoms with Crippen molar-refractivity contribution in [1.29, 1.82) is 0 Å². The summed E-state index contributed by atoms with van der Waals surface area (Å²) in [7, 11) is 1.57. The maximum atomic E-state index is 13.8. The number of carbonyl (C=O) groups excluding carboxylic acids is 1. The molecular formula is C29H30BrFN2O5. The third-order valence-electron chi connectivity index (χ3n) is 6.19. The van der Waals surface area contributed by atoms with Gasteiger partial charge in [-0.3, -0.25) is 4.79 Å². The second kappa shape index (κ2) is 12.9. The van der Waals surface area contributed by atoms with Crippen LogP contribution in [0, 0.1) is 0 Å². The van der Waals surface area contributed by atoms with Crippen molar-refractivity contribution in [3.05, 3.63) is 94.0 Å². The van der Waals surface area contributed by atoms with Crippen molar-refractivity contribution in [1.82, 2.24) is 5.32 Å². The monoisotopic (exact) mass is 584 g/mol. The molecule has 0 saturated carbocycles. The molecule has 1 amide bonds. The fourth-order valence-corrected chi connectivity index (χ4v) is 4.58. The van der Waals surface area contributed by atoms with E-state index < -0.39 is 24.2 Å². The van der Waals surface area contributed by atoms with Crippen LogP contribution >= 0.6 is 15.9 Å². The molecule has 0 spiro atoms. The van der Waals surface area contributed by atoms with Gasteiger partial charge in [-0.1, -0.05) is 40.2 Å². The van der Waals surface area contributed by atoms with E-state index in [-0.39, 0.29) is 19.6 Å². The van der Waals surface area contributed by atoms with Crippen LogP contribution in [-0.2, 0) is 16.0 Å². The van der Waals surface area contributed by atoms with E-state index in [9.17, 15) is 9.18 Å². The Labute approximate surface area is 229 Å². The Bertz CT molecular complexity index is 1250. The molecule has 0 unspecified atom stereocenters. The van der Waals surface area contributed by atoms with Crippen molar-refractivity contribution in [2.24, 2.45) is 4.99 Å². The van der Waals surface area contributed by atoms with Crippen molar-refractivity contribution < 1.29 is 28.5 Å². The van der Waals surface area contributed by atoms with Crippen molar-refractivity contribution in [3.63, 3.8) is 0 Å². The average molecular weight is 585 g/mol.